The number of hydrogen-bond donors (Lipinski definition) is 1. The minimum Gasteiger partial charge on any atom is -0.342 e. The standard InChI is InChI=1S/C20H24N6O7/c1-3-23(4-2)18(27)11-24-19(28)14-7-5-12(9-15(14)20(24)29)21-22-16-8-6-13(25(30)31)10-17(16)26(32)33/h6,8,10,14-15,22H,3-5,7,9,11H2,1-2H3/b21-12+/t14-,15-/m0/s1. The lowest BCUT2D eigenvalue weighted by atomic mass is 9.80. The number of imide groups is 1. The summed E-state index contributed by atoms with van der Waals surface area (Å²) in [6.07, 6.45) is 0.943. The molecule has 1 heterocycles. The Bertz CT molecular complexity index is 1040. The summed E-state index contributed by atoms with van der Waals surface area (Å²) in [5.41, 5.74) is 2.15. The SMILES string of the molecule is CCN(CC)C(=O)CN1C(=O)[C@H]2CC/C(=N\Nc3ccc([N+](=O)[O-])cc3[N+](=O)[O-])C[C@@H]2C1=O. The zero-order chi connectivity index (χ0) is 24.3. The molecule has 3 amide bonds. The highest BCUT2D eigenvalue weighted by molar-refractivity contribution is 6.09. The molecule has 1 aromatic rings. The van der Waals surface area contributed by atoms with Crippen molar-refractivity contribution in [2.24, 2.45) is 16.9 Å². The Morgan fingerprint density at radius 1 is 1.15 bits per heavy atom. The molecule has 1 saturated carbocycles. The smallest absolute Gasteiger partial charge is 0.301 e. The highest BCUT2D eigenvalue weighted by atomic mass is 16.6. The first-order valence-electron chi connectivity index (χ1n) is 10.5. The number of hydrogen-bond acceptors (Lipinski definition) is 9. The highest BCUT2D eigenvalue weighted by Crippen LogP contribution is 2.37. The fourth-order valence-corrected chi connectivity index (χ4v) is 4.17. The predicted octanol–water partition coefficient (Wildman–Crippen LogP) is 1.92. The molecule has 33 heavy (non-hydrogen) atoms. The second-order valence-electron chi connectivity index (χ2n) is 7.79. The van der Waals surface area contributed by atoms with Crippen LogP contribution in [0.15, 0.2) is 23.3 Å². The molecule has 2 aliphatic rings. The third-order valence-corrected chi connectivity index (χ3v) is 5.98. The number of benzene rings is 1. The van der Waals surface area contributed by atoms with Crippen LogP contribution in [0.4, 0.5) is 17.1 Å². The van der Waals surface area contributed by atoms with Crippen molar-refractivity contribution in [3.8, 4) is 0 Å². The van der Waals surface area contributed by atoms with Crippen LogP contribution in [0.25, 0.3) is 0 Å². The molecule has 0 spiro atoms. The van der Waals surface area contributed by atoms with Crippen molar-refractivity contribution in [3.05, 3.63) is 38.4 Å². The summed E-state index contributed by atoms with van der Waals surface area (Å²) in [6, 6.07) is 3.15. The van der Waals surface area contributed by atoms with Gasteiger partial charge < -0.3 is 4.90 Å². The maximum atomic E-state index is 12.9. The van der Waals surface area contributed by atoms with E-state index in [9.17, 15) is 34.6 Å². The van der Waals surface area contributed by atoms with Crippen molar-refractivity contribution in [2.75, 3.05) is 25.1 Å². The Morgan fingerprint density at radius 2 is 1.82 bits per heavy atom. The van der Waals surface area contributed by atoms with Gasteiger partial charge in [0.25, 0.3) is 5.69 Å². The first kappa shape index (κ1) is 23.8. The van der Waals surface area contributed by atoms with Gasteiger partial charge >= 0.3 is 5.69 Å². The second kappa shape index (κ2) is 9.71. The molecule has 1 saturated heterocycles. The third kappa shape index (κ3) is 4.81. The van der Waals surface area contributed by atoms with Crippen LogP contribution in [0.1, 0.15) is 33.1 Å². The number of hydrazone groups is 1. The summed E-state index contributed by atoms with van der Waals surface area (Å²) < 4.78 is 0. The van der Waals surface area contributed by atoms with E-state index >= 15 is 0 Å². The van der Waals surface area contributed by atoms with Crippen molar-refractivity contribution in [1.29, 1.82) is 0 Å². The molecule has 13 nitrogen and oxygen atoms in total. The number of anilines is 1. The molecular weight excluding hydrogens is 436 g/mol. The number of nitro benzene ring substituents is 2. The number of amides is 3. The number of carbonyl (C=O) groups is 3. The maximum Gasteiger partial charge on any atom is 0.301 e. The van der Waals surface area contributed by atoms with E-state index in [0.717, 1.165) is 17.0 Å². The first-order valence-corrected chi connectivity index (χ1v) is 10.5. The number of fused-ring (bicyclic) bond motifs is 1. The van der Waals surface area contributed by atoms with Crippen LogP contribution in [0.3, 0.4) is 0 Å². The van der Waals surface area contributed by atoms with E-state index in [-0.39, 0.29) is 30.5 Å². The lowest BCUT2D eigenvalue weighted by Gasteiger charge is -2.22. The van der Waals surface area contributed by atoms with Gasteiger partial charge in [0.1, 0.15) is 12.2 Å². The molecule has 1 aliphatic heterocycles. The maximum absolute atomic E-state index is 12.9. The van der Waals surface area contributed by atoms with Gasteiger partial charge in [0.05, 0.1) is 27.7 Å². The topological polar surface area (TPSA) is 168 Å². The number of non-ortho nitro benzene ring substituents is 1. The summed E-state index contributed by atoms with van der Waals surface area (Å²) in [6.45, 7) is 4.32. The Hall–Kier alpha value is -3.90. The summed E-state index contributed by atoms with van der Waals surface area (Å²) in [7, 11) is 0. The van der Waals surface area contributed by atoms with Crippen LogP contribution in [0, 0.1) is 32.1 Å². The van der Waals surface area contributed by atoms with Gasteiger partial charge in [0.2, 0.25) is 17.7 Å². The Balaban J connectivity index is 1.72. The lowest BCUT2D eigenvalue weighted by Crippen LogP contribution is -2.43. The minimum absolute atomic E-state index is 0.0273. The average molecular weight is 460 g/mol. The average Bonchev–Trinajstić information content (AvgIpc) is 3.02. The molecule has 2 atom stereocenters. The van der Waals surface area contributed by atoms with Crippen LogP contribution >= 0.6 is 0 Å². The van der Waals surface area contributed by atoms with Gasteiger partial charge in [-0.25, -0.2) is 0 Å². The van der Waals surface area contributed by atoms with E-state index in [1.54, 1.807) is 4.90 Å². The van der Waals surface area contributed by atoms with E-state index in [2.05, 4.69) is 10.5 Å². The predicted molar refractivity (Wildman–Crippen MR) is 116 cm³/mol. The van der Waals surface area contributed by atoms with Gasteiger partial charge in [-0.05, 0) is 39.2 Å². The summed E-state index contributed by atoms with van der Waals surface area (Å²) in [5.74, 6) is -2.22. The van der Waals surface area contributed by atoms with Crippen molar-refractivity contribution in [1.82, 2.24) is 9.80 Å². The molecule has 0 radical (unpaired) electrons. The number of likely N-dealkylation sites (tertiary alicyclic amines) is 1. The molecule has 3 rings (SSSR count). The minimum atomic E-state index is -0.754. The number of nitrogens with zero attached hydrogens (tertiary/aromatic N) is 5. The van der Waals surface area contributed by atoms with E-state index in [4.69, 9.17) is 0 Å². The van der Waals surface area contributed by atoms with Gasteiger partial charge in [-0.15, -0.1) is 0 Å². The molecule has 0 bridgehead atoms. The Kier molecular flexibility index (Phi) is 6.99. The van der Waals surface area contributed by atoms with Crippen molar-refractivity contribution >= 4 is 40.5 Å². The molecule has 1 aliphatic carbocycles. The fourth-order valence-electron chi connectivity index (χ4n) is 4.17. The lowest BCUT2D eigenvalue weighted by molar-refractivity contribution is -0.393. The van der Waals surface area contributed by atoms with E-state index in [0.29, 0.717) is 31.6 Å². The van der Waals surface area contributed by atoms with Gasteiger partial charge in [-0.1, -0.05) is 0 Å². The quantitative estimate of drug-likeness (QED) is 0.348. The summed E-state index contributed by atoms with van der Waals surface area (Å²) in [4.78, 5) is 61.2. The normalized spacial score (nSPS) is 21.2. The van der Waals surface area contributed by atoms with E-state index in [1.165, 1.54) is 6.07 Å². The van der Waals surface area contributed by atoms with Crippen LogP contribution in [0.2, 0.25) is 0 Å². The first-order chi connectivity index (χ1) is 15.7. The Morgan fingerprint density at radius 3 is 2.42 bits per heavy atom. The molecule has 1 aromatic carbocycles. The van der Waals surface area contributed by atoms with Crippen LogP contribution in [-0.2, 0) is 14.4 Å². The van der Waals surface area contributed by atoms with Crippen LogP contribution in [-0.4, -0.2) is 62.7 Å². The van der Waals surface area contributed by atoms with Crippen LogP contribution in [0.5, 0.6) is 0 Å². The molecular formula is C20H24N6O7. The zero-order valence-electron chi connectivity index (χ0n) is 18.2. The molecule has 0 aromatic heterocycles. The number of nitrogens with one attached hydrogen (secondary N) is 1. The number of nitro groups is 2. The largest absolute Gasteiger partial charge is 0.342 e. The highest BCUT2D eigenvalue weighted by Gasteiger charge is 2.50. The van der Waals surface area contributed by atoms with E-state index in [1.807, 2.05) is 13.8 Å². The van der Waals surface area contributed by atoms with Gasteiger partial charge in [-0.3, -0.25) is 44.9 Å². The summed E-state index contributed by atoms with van der Waals surface area (Å²) >= 11 is 0. The second-order valence-corrected chi connectivity index (χ2v) is 7.79. The zero-order valence-corrected chi connectivity index (χ0v) is 18.2. The molecule has 176 valence electrons. The van der Waals surface area contributed by atoms with Crippen LogP contribution < -0.4 is 5.43 Å². The number of rotatable bonds is 8. The molecule has 1 N–H and O–H groups in total. The number of likely N-dealkylation sites (N-methyl/N-ethyl adjacent to an activating group) is 1. The van der Waals surface area contributed by atoms with Gasteiger partial charge in [0.15, 0.2) is 0 Å². The number of carbonyl (C=O) groups excluding carboxylic acids is 3. The van der Waals surface area contributed by atoms with Crippen molar-refractivity contribution in [2.45, 2.75) is 33.1 Å². The fraction of sp³-hybridized carbons (Fsp3) is 0.500. The third-order valence-electron chi connectivity index (χ3n) is 5.98. The van der Waals surface area contributed by atoms with Gasteiger partial charge in [0, 0.05) is 24.9 Å². The van der Waals surface area contributed by atoms with Gasteiger partial charge in [-0.2, -0.15) is 5.10 Å². The monoisotopic (exact) mass is 460 g/mol. The molecule has 2 fully saturated rings. The molecule has 0 unspecified atom stereocenters. The van der Waals surface area contributed by atoms with Crippen molar-refractivity contribution < 1.29 is 24.2 Å². The van der Waals surface area contributed by atoms with E-state index < -0.39 is 39.0 Å². The molecule has 13 heteroatoms. The Labute approximate surface area is 188 Å². The van der Waals surface area contributed by atoms with Crippen molar-refractivity contribution in [3.63, 3.8) is 0 Å². The summed E-state index contributed by atoms with van der Waals surface area (Å²) in [5, 5.41) is 26.3.